The van der Waals surface area contributed by atoms with Crippen LogP contribution in [0.5, 0.6) is 0 Å². The Morgan fingerprint density at radius 2 is 2.00 bits per heavy atom. The zero-order valence-corrected chi connectivity index (χ0v) is 14.9. The molecule has 1 N–H and O–H groups in total. The van der Waals surface area contributed by atoms with Crippen LogP contribution < -0.4 is 5.32 Å². The molecule has 6 nitrogen and oxygen atoms in total. The number of pyridine rings is 1. The van der Waals surface area contributed by atoms with Crippen LogP contribution in [-0.4, -0.2) is 31.6 Å². The van der Waals surface area contributed by atoms with Crippen molar-refractivity contribution in [3.8, 4) is 0 Å². The van der Waals surface area contributed by atoms with Crippen LogP contribution in [0.1, 0.15) is 36.1 Å². The van der Waals surface area contributed by atoms with E-state index in [1.165, 1.54) is 0 Å². The summed E-state index contributed by atoms with van der Waals surface area (Å²) in [6, 6.07) is 14.1. The number of hydrogen-bond acceptors (Lipinski definition) is 3. The Labute approximate surface area is 151 Å². The molecule has 0 aliphatic heterocycles. The average molecular weight is 347 g/mol. The number of amides is 1. The molecule has 0 saturated heterocycles. The molecule has 6 heteroatoms. The predicted octanol–water partition coefficient (Wildman–Crippen LogP) is 3.24. The highest BCUT2D eigenvalue weighted by molar-refractivity contribution is 5.98. The largest absolute Gasteiger partial charge is 0.352 e. The maximum Gasteiger partial charge on any atom is 0.251 e. The third kappa shape index (κ3) is 2.94. The van der Waals surface area contributed by atoms with Gasteiger partial charge in [0.2, 0.25) is 0 Å². The summed E-state index contributed by atoms with van der Waals surface area (Å²) in [7, 11) is 0. The van der Waals surface area contributed by atoms with Crippen LogP contribution in [0.2, 0.25) is 0 Å². The molecule has 0 aliphatic rings. The van der Waals surface area contributed by atoms with Crippen LogP contribution in [0.4, 0.5) is 0 Å². The molecule has 0 unspecified atom stereocenters. The van der Waals surface area contributed by atoms with E-state index in [1.807, 2.05) is 47.0 Å². The van der Waals surface area contributed by atoms with Crippen molar-refractivity contribution in [2.45, 2.75) is 26.3 Å². The number of hydrogen-bond donors (Lipinski definition) is 1. The highest BCUT2D eigenvalue weighted by Crippen LogP contribution is 2.21. The summed E-state index contributed by atoms with van der Waals surface area (Å²) in [4.78, 5) is 12.5. The molecule has 1 aromatic carbocycles. The van der Waals surface area contributed by atoms with E-state index in [9.17, 15) is 4.79 Å². The van der Waals surface area contributed by atoms with E-state index >= 15 is 0 Å². The van der Waals surface area contributed by atoms with Gasteiger partial charge in [0.25, 0.3) is 5.91 Å². The van der Waals surface area contributed by atoms with Crippen LogP contribution >= 0.6 is 0 Å². The van der Waals surface area contributed by atoms with Gasteiger partial charge in [0.05, 0.1) is 0 Å². The normalized spacial score (nSPS) is 11.5. The van der Waals surface area contributed by atoms with Gasteiger partial charge in [-0.25, -0.2) is 0 Å². The van der Waals surface area contributed by atoms with Gasteiger partial charge in [0.15, 0.2) is 5.65 Å². The first-order valence-corrected chi connectivity index (χ1v) is 8.81. The molecule has 1 amide bonds. The van der Waals surface area contributed by atoms with Gasteiger partial charge >= 0.3 is 0 Å². The first kappa shape index (κ1) is 16.3. The summed E-state index contributed by atoms with van der Waals surface area (Å²) >= 11 is 0. The lowest BCUT2D eigenvalue weighted by molar-refractivity contribution is 0.0954. The lowest BCUT2D eigenvalue weighted by Gasteiger charge is -2.10. The molecule has 0 spiro atoms. The second kappa shape index (κ2) is 6.63. The van der Waals surface area contributed by atoms with Crippen molar-refractivity contribution in [3.63, 3.8) is 0 Å². The van der Waals surface area contributed by atoms with E-state index in [4.69, 9.17) is 0 Å². The fraction of sp³-hybridized carbons (Fsp3) is 0.250. The minimum atomic E-state index is -0.0713. The Morgan fingerprint density at radius 1 is 1.12 bits per heavy atom. The smallest absolute Gasteiger partial charge is 0.251 e. The molecule has 0 bridgehead atoms. The van der Waals surface area contributed by atoms with Gasteiger partial charge in [-0.1, -0.05) is 6.07 Å². The summed E-state index contributed by atoms with van der Waals surface area (Å²) < 4.78 is 4.14. The predicted molar refractivity (Wildman–Crippen MR) is 101 cm³/mol. The van der Waals surface area contributed by atoms with Crippen molar-refractivity contribution < 1.29 is 4.79 Å². The molecule has 4 rings (SSSR count). The van der Waals surface area contributed by atoms with Crippen LogP contribution in [0.25, 0.3) is 16.6 Å². The van der Waals surface area contributed by atoms with Crippen molar-refractivity contribution in [2.24, 2.45) is 0 Å². The zero-order valence-electron chi connectivity index (χ0n) is 14.9. The Balaban J connectivity index is 1.44. The zero-order chi connectivity index (χ0) is 18.1. The molecule has 0 aliphatic carbocycles. The Morgan fingerprint density at radius 3 is 2.85 bits per heavy atom. The van der Waals surface area contributed by atoms with Crippen LogP contribution in [-0.2, 0) is 6.42 Å². The van der Waals surface area contributed by atoms with Crippen molar-refractivity contribution in [2.75, 3.05) is 6.54 Å². The molecule has 4 aromatic rings. The fourth-order valence-corrected chi connectivity index (χ4v) is 3.21. The minimum Gasteiger partial charge on any atom is -0.352 e. The third-order valence-electron chi connectivity index (χ3n) is 4.56. The number of nitrogens with zero attached hydrogens (tertiary/aromatic N) is 4. The van der Waals surface area contributed by atoms with E-state index in [0.29, 0.717) is 24.6 Å². The quantitative estimate of drug-likeness (QED) is 0.603. The molecule has 3 aromatic heterocycles. The average Bonchev–Trinajstić information content (AvgIpc) is 3.25. The van der Waals surface area contributed by atoms with Gasteiger partial charge in [-0.3, -0.25) is 9.20 Å². The molecule has 0 saturated carbocycles. The summed E-state index contributed by atoms with van der Waals surface area (Å²) in [5.74, 6) is 0.767. The van der Waals surface area contributed by atoms with Gasteiger partial charge in [-0.05, 0) is 50.2 Å². The van der Waals surface area contributed by atoms with Gasteiger partial charge in [0.1, 0.15) is 5.82 Å². The Kier molecular flexibility index (Phi) is 4.16. The van der Waals surface area contributed by atoms with E-state index in [1.54, 1.807) is 0 Å². The van der Waals surface area contributed by atoms with Gasteiger partial charge in [0, 0.05) is 47.9 Å². The molecule has 26 heavy (non-hydrogen) atoms. The summed E-state index contributed by atoms with van der Waals surface area (Å²) in [5, 5.41) is 12.4. The topological polar surface area (TPSA) is 64.2 Å². The Bertz CT molecular complexity index is 1080. The maximum atomic E-state index is 12.5. The van der Waals surface area contributed by atoms with Crippen molar-refractivity contribution in [1.82, 2.24) is 24.5 Å². The number of fused-ring (bicyclic) bond motifs is 2. The van der Waals surface area contributed by atoms with E-state index in [2.05, 4.69) is 46.2 Å². The van der Waals surface area contributed by atoms with Gasteiger partial charge in [-0.2, -0.15) is 0 Å². The lowest BCUT2D eigenvalue weighted by atomic mass is 10.1. The number of rotatable bonds is 5. The molecular formula is C20H21N5O. The van der Waals surface area contributed by atoms with Crippen molar-refractivity contribution >= 4 is 22.5 Å². The second-order valence-corrected chi connectivity index (χ2v) is 6.64. The maximum absolute atomic E-state index is 12.5. The molecular weight excluding hydrogens is 326 g/mol. The summed E-state index contributed by atoms with van der Waals surface area (Å²) in [6.07, 6.45) is 4.62. The van der Waals surface area contributed by atoms with Crippen LogP contribution in [0, 0.1) is 0 Å². The molecule has 132 valence electrons. The first-order chi connectivity index (χ1) is 12.6. The lowest BCUT2D eigenvalue weighted by Crippen LogP contribution is -2.26. The SMILES string of the molecule is CC(C)n1ccc2cc(C(=O)NCCc3nnc4ccccn34)ccc21. The highest BCUT2D eigenvalue weighted by atomic mass is 16.1. The highest BCUT2D eigenvalue weighted by Gasteiger charge is 2.10. The summed E-state index contributed by atoms with van der Waals surface area (Å²) in [6.45, 7) is 4.81. The number of nitrogens with one attached hydrogen (secondary N) is 1. The number of carbonyl (C=O) groups is 1. The molecule has 3 heterocycles. The van der Waals surface area contributed by atoms with Crippen molar-refractivity contribution in [3.05, 3.63) is 66.2 Å². The molecule has 0 radical (unpaired) electrons. The third-order valence-corrected chi connectivity index (χ3v) is 4.56. The van der Waals surface area contributed by atoms with E-state index in [0.717, 1.165) is 22.4 Å². The second-order valence-electron chi connectivity index (χ2n) is 6.64. The fourth-order valence-electron chi connectivity index (χ4n) is 3.21. The van der Waals surface area contributed by atoms with Crippen molar-refractivity contribution in [1.29, 1.82) is 0 Å². The van der Waals surface area contributed by atoms with E-state index < -0.39 is 0 Å². The number of carbonyl (C=O) groups excluding carboxylic acids is 1. The Hall–Kier alpha value is -3.15. The van der Waals surface area contributed by atoms with Gasteiger partial charge < -0.3 is 9.88 Å². The van der Waals surface area contributed by atoms with Gasteiger partial charge in [-0.15, -0.1) is 10.2 Å². The minimum absolute atomic E-state index is 0.0713. The molecule has 0 fully saturated rings. The standard InChI is InChI=1S/C20H21N5O/c1-14(2)24-12-9-15-13-16(6-7-17(15)24)20(26)21-10-8-19-23-22-18-5-3-4-11-25(18)19/h3-7,9,11-14H,8,10H2,1-2H3,(H,21,26). The number of benzene rings is 1. The summed E-state index contributed by atoms with van der Waals surface area (Å²) in [5.41, 5.74) is 2.63. The van der Waals surface area contributed by atoms with Crippen LogP contribution in [0.3, 0.4) is 0 Å². The first-order valence-electron chi connectivity index (χ1n) is 8.81. The number of aromatic nitrogens is 4. The monoisotopic (exact) mass is 347 g/mol. The van der Waals surface area contributed by atoms with E-state index in [-0.39, 0.29) is 5.91 Å². The molecule has 0 atom stereocenters. The van der Waals surface area contributed by atoms with Crippen LogP contribution in [0.15, 0.2) is 54.9 Å².